The summed E-state index contributed by atoms with van der Waals surface area (Å²) in [4.78, 5) is 44.1. The number of aliphatic imine (C=N–C) groups is 1. The lowest BCUT2D eigenvalue weighted by molar-refractivity contribution is 0.405. The van der Waals surface area contributed by atoms with E-state index in [-0.39, 0.29) is 22.6 Å². The second-order valence-corrected chi connectivity index (χ2v) is 5.81. The second-order valence-electron chi connectivity index (χ2n) is 5.81. The third-order valence-electron chi connectivity index (χ3n) is 3.96. The maximum absolute atomic E-state index is 11.4. The number of hydrogen-bond donors (Lipinski definition) is 2. The third-order valence-corrected chi connectivity index (χ3v) is 3.96. The molecule has 0 aliphatic carbocycles. The summed E-state index contributed by atoms with van der Waals surface area (Å²) >= 11 is 0. The van der Waals surface area contributed by atoms with Crippen molar-refractivity contribution in [1.82, 2.24) is 29.5 Å². The van der Waals surface area contributed by atoms with Crippen LogP contribution in [0.4, 0.5) is 0 Å². The van der Waals surface area contributed by atoms with Crippen LogP contribution >= 0.6 is 0 Å². The summed E-state index contributed by atoms with van der Waals surface area (Å²) in [5.41, 5.74) is 0.320. The average molecular weight is 397 g/mol. The van der Waals surface area contributed by atoms with Crippen molar-refractivity contribution in [3.63, 3.8) is 0 Å². The van der Waals surface area contributed by atoms with Crippen LogP contribution in [0.1, 0.15) is 12.2 Å². The number of ether oxygens (including phenoxy) is 2. The lowest BCUT2D eigenvalue weighted by Gasteiger charge is -2.01. The van der Waals surface area contributed by atoms with Crippen molar-refractivity contribution in [2.45, 2.75) is 6.42 Å². The highest BCUT2D eigenvalue weighted by molar-refractivity contribution is 5.82. The van der Waals surface area contributed by atoms with Gasteiger partial charge in [0.15, 0.2) is 11.6 Å². The van der Waals surface area contributed by atoms with Gasteiger partial charge in [0.1, 0.15) is 5.82 Å². The molecule has 0 aromatic carbocycles. The summed E-state index contributed by atoms with van der Waals surface area (Å²) in [6.07, 6.45) is 10.4. The van der Waals surface area contributed by atoms with Gasteiger partial charge in [-0.25, -0.2) is 15.0 Å². The van der Waals surface area contributed by atoms with Crippen LogP contribution in [0.25, 0.3) is 17.2 Å². The fourth-order valence-electron chi connectivity index (χ4n) is 2.43. The van der Waals surface area contributed by atoms with Crippen molar-refractivity contribution in [3.05, 3.63) is 57.5 Å². The van der Waals surface area contributed by atoms with E-state index in [0.717, 1.165) is 5.57 Å². The first-order valence-electron chi connectivity index (χ1n) is 8.48. The van der Waals surface area contributed by atoms with E-state index in [1.165, 1.54) is 26.6 Å². The predicted octanol–water partition coefficient (Wildman–Crippen LogP) is 0.773. The smallest absolute Gasteiger partial charge is 0.293 e. The van der Waals surface area contributed by atoms with Crippen LogP contribution in [0, 0.1) is 0 Å². The number of methoxy groups -OCH3 is 2. The Morgan fingerprint density at radius 3 is 2.07 bits per heavy atom. The van der Waals surface area contributed by atoms with Crippen molar-refractivity contribution in [2.24, 2.45) is 12.0 Å². The van der Waals surface area contributed by atoms with Gasteiger partial charge in [0.25, 0.3) is 11.1 Å². The van der Waals surface area contributed by atoms with Crippen molar-refractivity contribution in [1.29, 1.82) is 0 Å². The van der Waals surface area contributed by atoms with Gasteiger partial charge in [-0.05, 0) is 0 Å². The molecule has 3 aromatic heterocycles. The van der Waals surface area contributed by atoms with Crippen LogP contribution < -0.4 is 20.6 Å². The Morgan fingerprint density at radius 1 is 0.966 bits per heavy atom. The molecule has 0 saturated carbocycles. The number of aromatic nitrogens is 6. The van der Waals surface area contributed by atoms with Crippen LogP contribution in [0.5, 0.6) is 11.5 Å². The first-order chi connectivity index (χ1) is 14.0. The third kappa shape index (κ3) is 4.46. The second kappa shape index (κ2) is 8.78. The van der Waals surface area contributed by atoms with Crippen molar-refractivity contribution in [2.75, 3.05) is 14.2 Å². The van der Waals surface area contributed by atoms with Gasteiger partial charge < -0.3 is 24.0 Å². The summed E-state index contributed by atoms with van der Waals surface area (Å²) in [5.74, 6) is 1.98. The van der Waals surface area contributed by atoms with Gasteiger partial charge in [0.2, 0.25) is 11.5 Å². The van der Waals surface area contributed by atoms with E-state index in [2.05, 4.69) is 29.9 Å². The highest BCUT2D eigenvalue weighted by Gasteiger charge is 2.09. The molecule has 0 amide bonds. The molecule has 0 fully saturated rings. The van der Waals surface area contributed by atoms with Gasteiger partial charge in [0.05, 0.1) is 26.6 Å². The predicted molar refractivity (Wildman–Crippen MR) is 106 cm³/mol. The molecule has 29 heavy (non-hydrogen) atoms. The molecule has 2 N–H and O–H groups in total. The molecule has 0 unspecified atom stereocenters. The SMILES string of the molecule is COc1cnc(-c2nccn2C)[nH]c1=O.COc1cnc(C2=CN=CC2)[nH]c1=O. The fraction of sp³-hybridized carbons (Fsp3) is 0.222. The highest BCUT2D eigenvalue weighted by atomic mass is 16.5. The van der Waals surface area contributed by atoms with Gasteiger partial charge in [-0.2, -0.15) is 0 Å². The number of hydrogen-bond acceptors (Lipinski definition) is 8. The summed E-state index contributed by atoms with van der Waals surface area (Å²) in [6, 6.07) is 0. The van der Waals surface area contributed by atoms with E-state index >= 15 is 0 Å². The first-order valence-corrected chi connectivity index (χ1v) is 8.48. The first kappa shape index (κ1) is 19.7. The van der Waals surface area contributed by atoms with Crippen molar-refractivity contribution >= 4 is 11.8 Å². The van der Waals surface area contributed by atoms with Crippen LogP contribution in [0.2, 0.25) is 0 Å². The van der Waals surface area contributed by atoms with Crippen LogP contribution in [-0.2, 0) is 7.05 Å². The lowest BCUT2D eigenvalue weighted by Crippen LogP contribution is -2.12. The molecule has 0 spiro atoms. The maximum atomic E-state index is 11.4. The number of imidazole rings is 1. The molecule has 1 aliphatic rings. The Hall–Kier alpha value is -4.02. The molecule has 0 saturated heterocycles. The lowest BCUT2D eigenvalue weighted by atomic mass is 10.2. The quantitative estimate of drug-likeness (QED) is 0.662. The van der Waals surface area contributed by atoms with Gasteiger partial charge in [0, 0.05) is 43.8 Å². The molecule has 0 radical (unpaired) electrons. The van der Waals surface area contributed by atoms with E-state index in [9.17, 15) is 9.59 Å². The number of rotatable bonds is 4. The standard InChI is InChI=1S/C9H10N4O2.C9H9N3O2/c1-13-4-3-10-8(13)7-11-5-6(15-2)9(14)12-7;1-14-7-5-11-8(12-9(7)13)6-2-3-10-4-6/h3-5H,1-2H3,(H,11,12,14);3-5H,2H2,1H3,(H,11,12,13). The molecule has 0 atom stereocenters. The van der Waals surface area contributed by atoms with Gasteiger partial charge in [-0.15, -0.1) is 0 Å². The van der Waals surface area contributed by atoms with Gasteiger partial charge in [-0.3, -0.25) is 14.6 Å². The van der Waals surface area contributed by atoms with E-state index < -0.39 is 0 Å². The number of allylic oxidation sites excluding steroid dienone is 1. The monoisotopic (exact) mass is 397 g/mol. The molecule has 4 heterocycles. The molecule has 150 valence electrons. The number of nitrogens with one attached hydrogen (secondary N) is 2. The van der Waals surface area contributed by atoms with Crippen LogP contribution in [0.3, 0.4) is 0 Å². The normalized spacial score (nSPS) is 12.2. The van der Waals surface area contributed by atoms with E-state index in [0.29, 0.717) is 23.9 Å². The molecule has 3 aromatic rings. The number of aryl methyl sites for hydroxylation is 1. The Morgan fingerprint density at radius 2 is 1.59 bits per heavy atom. The minimum absolute atomic E-state index is 0.188. The number of aromatic amines is 2. The zero-order valence-electron chi connectivity index (χ0n) is 16.0. The van der Waals surface area contributed by atoms with Gasteiger partial charge >= 0.3 is 0 Å². The zero-order valence-corrected chi connectivity index (χ0v) is 16.0. The fourth-order valence-corrected chi connectivity index (χ4v) is 2.43. The van der Waals surface area contributed by atoms with Gasteiger partial charge in [-0.1, -0.05) is 0 Å². The molecule has 11 heteroatoms. The average Bonchev–Trinajstić information content (AvgIpc) is 3.40. The van der Waals surface area contributed by atoms with Crippen LogP contribution in [0.15, 0.2) is 45.6 Å². The summed E-state index contributed by atoms with van der Waals surface area (Å²) in [5, 5.41) is 0. The Kier molecular flexibility index (Phi) is 5.97. The summed E-state index contributed by atoms with van der Waals surface area (Å²) < 4.78 is 11.4. The minimum atomic E-state index is -0.314. The molecule has 1 aliphatic heterocycles. The highest BCUT2D eigenvalue weighted by Crippen LogP contribution is 2.16. The molecular formula is C18H19N7O4. The minimum Gasteiger partial charge on any atom is -0.490 e. The van der Waals surface area contributed by atoms with Crippen LogP contribution in [-0.4, -0.2) is 49.9 Å². The molecule has 11 nitrogen and oxygen atoms in total. The van der Waals surface area contributed by atoms with E-state index in [1.54, 1.807) is 29.4 Å². The van der Waals surface area contributed by atoms with Crippen molar-refractivity contribution < 1.29 is 9.47 Å². The Labute approximate surface area is 164 Å². The molecular weight excluding hydrogens is 378 g/mol. The summed E-state index contributed by atoms with van der Waals surface area (Å²) in [7, 11) is 4.68. The van der Waals surface area contributed by atoms with E-state index in [1.807, 2.05) is 7.05 Å². The topological polar surface area (TPSA) is 140 Å². The van der Waals surface area contributed by atoms with Crippen molar-refractivity contribution in [3.8, 4) is 23.1 Å². The largest absolute Gasteiger partial charge is 0.490 e. The number of H-pyrrole nitrogens is 2. The number of nitrogens with zero attached hydrogens (tertiary/aromatic N) is 5. The zero-order chi connectivity index (χ0) is 20.8. The summed E-state index contributed by atoms with van der Waals surface area (Å²) in [6.45, 7) is 0. The molecule has 4 rings (SSSR count). The Bertz CT molecular complexity index is 1170. The Balaban J connectivity index is 0.000000166. The maximum Gasteiger partial charge on any atom is 0.293 e. The molecule has 0 bridgehead atoms. The van der Waals surface area contributed by atoms with E-state index in [4.69, 9.17) is 9.47 Å².